The Balaban J connectivity index is 2.43. The molecule has 0 radical (unpaired) electrons. The predicted molar refractivity (Wildman–Crippen MR) is 66.6 cm³/mol. The van der Waals surface area contributed by atoms with Crippen LogP contribution in [-0.4, -0.2) is 17.8 Å². The Kier molecular flexibility index (Phi) is 3.38. The van der Waals surface area contributed by atoms with Crippen molar-refractivity contribution in [1.29, 1.82) is 0 Å². The molecule has 17 heavy (non-hydrogen) atoms. The molecule has 1 aliphatic rings. The summed E-state index contributed by atoms with van der Waals surface area (Å²) < 4.78 is 11.2. The van der Waals surface area contributed by atoms with E-state index in [1.165, 1.54) is 6.08 Å². The zero-order valence-electron chi connectivity index (χ0n) is 10.3. The highest BCUT2D eigenvalue weighted by molar-refractivity contribution is 5.50. The van der Waals surface area contributed by atoms with E-state index >= 15 is 0 Å². The lowest BCUT2D eigenvalue weighted by molar-refractivity contribution is 0.218. The summed E-state index contributed by atoms with van der Waals surface area (Å²) in [6.07, 6.45) is 1.85. The standard InChI is InChI=1S/C14H18O3/c1-4-12(15)11-8-13-10(6-9(3)17-13)7-14(11)16-5-2/h4,7-9,12,15H,1,5-6H2,2-3H3. The molecule has 1 aromatic carbocycles. The molecule has 2 atom stereocenters. The van der Waals surface area contributed by atoms with Gasteiger partial charge >= 0.3 is 0 Å². The van der Waals surface area contributed by atoms with Crippen molar-refractivity contribution in [3.05, 3.63) is 35.9 Å². The van der Waals surface area contributed by atoms with E-state index in [4.69, 9.17) is 9.47 Å². The second-order valence-corrected chi connectivity index (χ2v) is 4.24. The van der Waals surface area contributed by atoms with Gasteiger partial charge in [-0.15, -0.1) is 6.58 Å². The largest absolute Gasteiger partial charge is 0.493 e. The first-order chi connectivity index (χ1) is 8.15. The van der Waals surface area contributed by atoms with Crippen LogP contribution in [0.1, 0.15) is 31.1 Å². The first-order valence-electron chi connectivity index (χ1n) is 5.92. The summed E-state index contributed by atoms with van der Waals surface area (Å²) in [4.78, 5) is 0. The van der Waals surface area contributed by atoms with Crippen LogP contribution in [0.2, 0.25) is 0 Å². The van der Waals surface area contributed by atoms with Gasteiger partial charge in [0.05, 0.1) is 6.61 Å². The summed E-state index contributed by atoms with van der Waals surface area (Å²) in [6, 6.07) is 3.82. The van der Waals surface area contributed by atoms with E-state index in [0.717, 1.165) is 29.0 Å². The van der Waals surface area contributed by atoms with Gasteiger partial charge in [-0.3, -0.25) is 0 Å². The molecule has 1 heterocycles. The first kappa shape index (κ1) is 12.0. The van der Waals surface area contributed by atoms with Crippen LogP contribution >= 0.6 is 0 Å². The van der Waals surface area contributed by atoms with E-state index in [9.17, 15) is 5.11 Å². The number of hydrogen-bond acceptors (Lipinski definition) is 3. The van der Waals surface area contributed by atoms with Crippen LogP contribution in [0.25, 0.3) is 0 Å². The fraction of sp³-hybridized carbons (Fsp3) is 0.429. The van der Waals surface area contributed by atoms with Gasteiger partial charge in [0.25, 0.3) is 0 Å². The molecule has 0 saturated carbocycles. The summed E-state index contributed by atoms with van der Waals surface area (Å²) in [5, 5.41) is 9.88. The number of ether oxygens (including phenoxy) is 2. The highest BCUT2D eigenvalue weighted by Crippen LogP contribution is 2.37. The molecule has 1 aliphatic heterocycles. The first-order valence-corrected chi connectivity index (χ1v) is 5.92. The van der Waals surface area contributed by atoms with Crippen LogP contribution in [-0.2, 0) is 6.42 Å². The Hall–Kier alpha value is -1.48. The van der Waals surface area contributed by atoms with Crippen molar-refractivity contribution in [2.45, 2.75) is 32.5 Å². The summed E-state index contributed by atoms with van der Waals surface area (Å²) in [5.74, 6) is 1.56. The van der Waals surface area contributed by atoms with Crippen molar-refractivity contribution in [2.75, 3.05) is 6.61 Å². The predicted octanol–water partition coefficient (Wildman–Crippen LogP) is 2.63. The van der Waals surface area contributed by atoms with Crippen LogP contribution in [0.5, 0.6) is 11.5 Å². The fourth-order valence-electron chi connectivity index (χ4n) is 2.09. The molecular formula is C14H18O3. The quantitative estimate of drug-likeness (QED) is 0.814. The summed E-state index contributed by atoms with van der Waals surface area (Å²) in [7, 11) is 0. The van der Waals surface area contributed by atoms with Crippen molar-refractivity contribution < 1.29 is 14.6 Å². The summed E-state index contributed by atoms with van der Waals surface area (Å²) >= 11 is 0. The Morgan fingerprint density at radius 1 is 1.65 bits per heavy atom. The van der Waals surface area contributed by atoms with Gasteiger partial charge in [0.15, 0.2) is 0 Å². The highest BCUT2D eigenvalue weighted by atomic mass is 16.5. The molecule has 1 aromatic rings. The molecule has 92 valence electrons. The van der Waals surface area contributed by atoms with E-state index in [1.807, 2.05) is 26.0 Å². The molecule has 0 spiro atoms. The Labute approximate surface area is 102 Å². The fourth-order valence-corrected chi connectivity index (χ4v) is 2.09. The SMILES string of the molecule is C=CC(O)c1cc2c(cc1OCC)CC(C)O2. The van der Waals surface area contributed by atoms with Gasteiger partial charge in [0.1, 0.15) is 23.7 Å². The Bertz CT molecular complexity index is 426. The lowest BCUT2D eigenvalue weighted by atomic mass is 10.0. The molecule has 3 heteroatoms. The number of aliphatic hydroxyl groups excluding tert-OH is 1. The van der Waals surface area contributed by atoms with E-state index in [-0.39, 0.29) is 6.10 Å². The molecule has 2 unspecified atom stereocenters. The molecule has 0 aromatic heterocycles. The van der Waals surface area contributed by atoms with Crippen LogP contribution in [0.15, 0.2) is 24.8 Å². The van der Waals surface area contributed by atoms with Crippen molar-refractivity contribution in [2.24, 2.45) is 0 Å². The lowest BCUT2D eigenvalue weighted by Crippen LogP contribution is -2.05. The molecule has 0 bridgehead atoms. The highest BCUT2D eigenvalue weighted by Gasteiger charge is 2.23. The van der Waals surface area contributed by atoms with Crippen LogP contribution in [0, 0.1) is 0 Å². The topological polar surface area (TPSA) is 38.7 Å². The van der Waals surface area contributed by atoms with E-state index in [1.54, 1.807) is 0 Å². The zero-order chi connectivity index (χ0) is 12.4. The molecule has 2 rings (SSSR count). The summed E-state index contributed by atoms with van der Waals surface area (Å²) in [6.45, 7) is 8.13. The third kappa shape index (κ3) is 2.29. The minimum absolute atomic E-state index is 0.190. The molecular weight excluding hydrogens is 216 g/mol. The van der Waals surface area contributed by atoms with Gasteiger partial charge in [-0.05, 0) is 26.0 Å². The molecule has 0 saturated heterocycles. The van der Waals surface area contributed by atoms with Gasteiger partial charge < -0.3 is 14.6 Å². The molecule has 0 aliphatic carbocycles. The van der Waals surface area contributed by atoms with E-state index in [2.05, 4.69) is 6.58 Å². The smallest absolute Gasteiger partial charge is 0.125 e. The maximum atomic E-state index is 9.88. The molecule has 1 N–H and O–H groups in total. The average Bonchev–Trinajstić information content (AvgIpc) is 2.66. The lowest BCUT2D eigenvalue weighted by Gasteiger charge is -2.14. The Morgan fingerprint density at radius 2 is 2.41 bits per heavy atom. The second-order valence-electron chi connectivity index (χ2n) is 4.24. The van der Waals surface area contributed by atoms with Crippen molar-refractivity contribution >= 4 is 0 Å². The van der Waals surface area contributed by atoms with Crippen molar-refractivity contribution in [3.8, 4) is 11.5 Å². The van der Waals surface area contributed by atoms with Crippen molar-refractivity contribution in [1.82, 2.24) is 0 Å². The average molecular weight is 234 g/mol. The Morgan fingerprint density at radius 3 is 3.06 bits per heavy atom. The van der Waals surface area contributed by atoms with Crippen LogP contribution in [0.4, 0.5) is 0 Å². The molecule has 3 nitrogen and oxygen atoms in total. The van der Waals surface area contributed by atoms with Gasteiger partial charge in [-0.1, -0.05) is 6.08 Å². The summed E-state index contributed by atoms with van der Waals surface area (Å²) in [5.41, 5.74) is 1.86. The number of hydrogen-bond donors (Lipinski definition) is 1. The third-order valence-electron chi connectivity index (χ3n) is 2.87. The van der Waals surface area contributed by atoms with E-state index < -0.39 is 6.10 Å². The maximum Gasteiger partial charge on any atom is 0.125 e. The minimum atomic E-state index is -0.721. The van der Waals surface area contributed by atoms with Gasteiger partial charge in [0.2, 0.25) is 0 Å². The second kappa shape index (κ2) is 4.80. The normalized spacial score (nSPS) is 19.4. The van der Waals surface area contributed by atoms with Gasteiger partial charge in [0, 0.05) is 17.5 Å². The van der Waals surface area contributed by atoms with Crippen LogP contribution in [0.3, 0.4) is 0 Å². The van der Waals surface area contributed by atoms with Crippen LogP contribution < -0.4 is 9.47 Å². The van der Waals surface area contributed by atoms with Gasteiger partial charge in [-0.2, -0.15) is 0 Å². The minimum Gasteiger partial charge on any atom is -0.493 e. The number of benzene rings is 1. The monoisotopic (exact) mass is 234 g/mol. The number of rotatable bonds is 4. The number of aliphatic hydroxyl groups is 1. The number of fused-ring (bicyclic) bond motifs is 1. The molecule has 0 amide bonds. The van der Waals surface area contributed by atoms with Crippen molar-refractivity contribution in [3.63, 3.8) is 0 Å². The zero-order valence-corrected chi connectivity index (χ0v) is 10.3. The third-order valence-corrected chi connectivity index (χ3v) is 2.87. The van der Waals surface area contributed by atoms with E-state index in [0.29, 0.717) is 6.61 Å². The molecule has 0 fully saturated rings. The van der Waals surface area contributed by atoms with Gasteiger partial charge in [-0.25, -0.2) is 0 Å². The maximum absolute atomic E-state index is 9.88.